The van der Waals surface area contributed by atoms with Gasteiger partial charge in [-0.3, -0.25) is 14.5 Å². The normalized spacial score (nSPS) is 13.9. The molecule has 1 amide bonds. The number of para-hydroxylation sites is 1. The van der Waals surface area contributed by atoms with Gasteiger partial charge in [0.1, 0.15) is 5.84 Å². The van der Waals surface area contributed by atoms with Crippen LogP contribution in [-0.4, -0.2) is 26.7 Å². The maximum absolute atomic E-state index is 12.5. The standard InChI is InChI=1S/C19H22N4O3S/c20-17-8-2-1-5-14(17)10-11-19(24)22-15-6-3-7-16(13-15)27(25,26)23-18-9-4-12-21-18/h1-3,5-8,13H,4,9-12,20H2,(H,21,23)(H,22,24). The van der Waals surface area contributed by atoms with Crippen LogP contribution in [0.15, 0.2) is 58.4 Å². The molecule has 8 heteroatoms. The van der Waals surface area contributed by atoms with Crippen molar-refractivity contribution in [3.8, 4) is 0 Å². The summed E-state index contributed by atoms with van der Waals surface area (Å²) in [6.07, 6.45) is 2.23. The van der Waals surface area contributed by atoms with Gasteiger partial charge in [0.2, 0.25) is 5.91 Å². The van der Waals surface area contributed by atoms with Crippen molar-refractivity contribution in [3.63, 3.8) is 0 Å². The largest absolute Gasteiger partial charge is 0.399 e. The molecule has 7 nitrogen and oxygen atoms in total. The van der Waals surface area contributed by atoms with E-state index in [4.69, 9.17) is 5.73 Å². The first-order valence-corrected chi connectivity index (χ1v) is 10.2. The van der Waals surface area contributed by atoms with E-state index in [-0.39, 0.29) is 17.2 Å². The monoisotopic (exact) mass is 386 g/mol. The van der Waals surface area contributed by atoms with Crippen molar-refractivity contribution in [2.45, 2.75) is 30.6 Å². The smallest absolute Gasteiger partial charge is 0.262 e. The van der Waals surface area contributed by atoms with Crippen LogP contribution >= 0.6 is 0 Å². The molecule has 3 rings (SSSR count). The molecule has 142 valence electrons. The number of aliphatic imine (C=N–C) groups is 1. The average Bonchev–Trinajstić information content (AvgIpc) is 3.13. The second-order valence-corrected chi connectivity index (χ2v) is 7.99. The Hall–Kier alpha value is -2.87. The van der Waals surface area contributed by atoms with Crippen LogP contribution in [-0.2, 0) is 21.2 Å². The molecule has 0 saturated heterocycles. The molecule has 2 aromatic rings. The summed E-state index contributed by atoms with van der Waals surface area (Å²) in [6, 6.07) is 13.6. The predicted molar refractivity (Wildman–Crippen MR) is 106 cm³/mol. The minimum absolute atomic E-state index is 0.0854. The zero-order chi connectivity index (χ0) is 19.3. The number of anilines is 2. The number of sulfonamides is 1. The van der Waals surface area contributed by atoms with Gasteiger partial charge in [0.15, 0.2) is 0 Å². The molecular formula is C19H22N4O3S. The Labute approximate surface area is 158 Å². The van der Waals surface area contributed by atoms with E-state index in [1.54, 1.807) is 18.2 Å². The van der Waals surface area contributed by atoms with E-state index >= 15 is 0 Å². The van der Waals surface area contributed by atoms with Crippen LogP contribution in [0.4, 0.5) is 11.4 Å². The van der Waals surface area contributed by atoms with Gasteiger partial charge < -0.3 is 11.1 Å². The lowest BCUT2D eigenvalue weighted by atomic mass is 10.1. The zero-order valence-electron chi connectivity index (χ0n) is 14.8. The van der Waals surface area contributed by atoms with E-state index in [0.717, 1.165) is 12.0 Å². The molecule has 0 fully saturated rings. The van der Waals surface area contributed by atoms with Gasteiger partial charge in [-0.05, 0) is 42.7 Å². The molecule has 2 aromatic carbocycles. The molecule has 0 spiro atoms. The van der Waals surface area contributed by atoms with Crippen LogP contribution in [0.5, 0.6) is 0 Å². The summed E-state index contributed by atoms with van der Waals surface area (Å²) in [6.45, 7) is 0.639. The summed E-state index contributed by atoms with van der Waals surface area (Å²) in [5, 5.41) is 2.74. The number of nitrogens with two attached hydrogens (primary N) is 1. The molecule has 1 aliphatic heterocycles. The lowest BCUT2D eigenvalue weighted by molar-refractivity contribution is -0.116. The minimum atomic E-state index is -3.71. The lowest BCUT2D eigenvalue weighted by Gasteiger charge is -2.10. The van der Waals surface area contributed by atoms with E-state index < -0.39 is 10.0 Å². The molecule has 0 aromatic heterocycles. The number of carbonyl (C=O) groups excluding carboxylic acids is 1. The molecule has 0 bridgehead atoms. The Morgan fingerprint density at radius 3 is 2.70 bits per heavy atom. The van der Waals surface area contributed by atoms with E-state index in [1.807, 2.05) is 18.2 Å². The van der Waals surface area contributed by atoms with E-state index in [2.05, 4.69) is 15.0 Å². The first-order valence-electron chi connectivity index (χ1n) is 8.73. The highest BCUT2D eigenvalue weighted by molar-refractivity contribution is 7.90. The summed E-state index contributed by atoms with van der Waals surface area (Å²) in [5.41, 5.74) is 7.87. The van der Waals surface area contributed by atoms with Crippen molar-refractivity contribution in [3.05, 3.63) is 54.1 Å². The second-order valence-electron chi connectivity index (χ2n) is 6.31. The fraction of sp³-hybridized carbons (Fsp3) is 0.263. The van der Waals surface area contributed by atoms with Crippen molar-refractivity contribution in [1.29, 1.82) is 0 Å². The van der Waals surface area contributed by atoms with Gasteiger partial charge in [-0.2, -0.15) is 0 Å². The number of hydrogen-bond donors (Lipinski definition) is 3. The van der Waals surface area contributed by atoms with Gasteiger partial charge >= 0.3 is 0 Å². The first-order chi connectivity index (χ1) is 12.9. The minimum Gasteiger partial charge on any atom is -0.399 e. The summed E-state index contributed by atoms with van der Waals surface area (Å²) in [4.78, 5) is 16.4. The summed E-state index contributed by atoms with van der Waals surface area (Å²) >= 11 is 0. The number of nitrogens with one attached hydrogen (secondary N) is 2. The quantitative estimate of drug-likeness (QED) is 0.661. The number of rotatable bonds is 6. The van der Waals surface area contributed by atoms with Gasteiger partial charge in [0, 0.05) is 30.8 Å². The molecule has 0 aliphatic carbocycles. The molecule has 27 heavy (non-hydrogen) atoms. The van der Waals surface area contributed by atoms with Crippen LogP contribution in [0.3, 0.4) is 0 Å². The van der Waals surface area contributed by atoms with Crippen molar-refractivity contribution >= 4 is 33.1 Å². The third-order valence-corrected chi connectivity index (χ3v) is 5.61. The SMILES string of the molecule is Nc1ccccc1CCC(=O)Nc1cccc(S(=O)(=O)NC2=NCCC2)c1. The highest BCUT2D eigenvalue weighted by atomic mass is 32.2. The number of hydrogen-bond acceptors (Lipinski definition) is 5. The van der Waals surface area contributed by atoms with E-state index in [1.165, 1.54) is 12.1 Å². The summed E-state index contributed by atoms with van der Waals surface area (Å²) in [5.74, 6) is 0.269. The van der Waals surface area contributed by atoms with Crippen molar-refractivity contribution < 1.29 is 13.2 Å². The van der Waals surface area contributed by atoms with Crippen LogP contribution in [0.2, 0.25) is 0 Å². The van der Waals surface area contributed by atoms with Crippen molar-refractivity contribution in [1.82, 2.24) is 4.72 Å². The number of nitrogens with zero attached hydrogens (tertiary/aromatic N) is 1. The Kier molecular flexibility index (Phi) is 5.75. The molecule has 0 atom stereocenters. The van der Waals surface area contributed by atoms with Gasteiger partial charge in [-0.25, -0.2) is 8.42 Å². The van der Waals surface area contributed by atoms with Gasteiger partial charge in [0.25, 0.3) is 10.0 Å². The van der Waals surface area contributed by atoms with Crippen LogP contribution in [0.25, 0.3) is 0 Å². The number of carbonyl (C=O) groups is 1. The lowest BCUT2D eigenvalue weighted by Crippen LogP contribution is -2.29. The topological polar surface area (TPSA) is 114 Å². The zero-order valence-corrected chi connectivity index (χ0v) is 15.6. The third kappa shape index (κ3) is 5.07. The van der Waals surface area contributed by atoms with Crippen LogP contribution in [0, 0.1) is 0 Å². The molecular weight excluding hydrogens is 364 g/mol. The Morgan fingerprint density at radius 2 is 1.96 bits per heavy atom. The maximum Gasteiger partial charge on any atom is 0.262 e. The molecule has 1 aliphatic rings. The molecule has 0 radical (unpaired) electrons. The number of amidine groups is 1. The Morgan fingerprint density at radius 1 is 1.15 bits per heavy atom. The van der Waals surface area contributed by atoms with Crippen molar-refractivity contribution in [2.24, 2.45) is 4.99 Å². The Balaban J connectivity index is 1.63. The van der Waals surface area contributed by atoms with Gasteiger partial charge in [0.05, 0.1) is 4.90 Å². The summed E-state index contributed by atoms with van der Waals surface area (Å²) in [7, 11) is -3.71. The fourth-order valence-electron chi connectivity index (χ4n) is 2.81. The van der Waals surface area contributed by atoms with E-state index in [0.29, 0.717) is 36.6 Å². The molecule has 0 saturated carbocycles. The second kappa shape index (κ2) is 8.22. The molecule has 1 heterocycles. The summed E-state index contributed by atoms with van der Waals surface area (Å²) < 4.78 is 27.4. The van der Waals surface area contributed by atoms with Crippen LogP contribution in [0.1, 0.15) is 24.8 Å². The van der Waals surface area contributed by atoms with Gasteiger partial charge in [-0.1, -0.05) is 24.3 Å². The highest BCUT2D eigenvalue weighted by Crippen LogP contribution is 2.18. The first kappa shape index (κ1) is 18.9. The number of aryl methyl sites for hydroxylation is 1. The van der Waals surface area contributed by atoms with Crippen LogP contribution < -0.4 is 15.8 Å². The van der Waals surface area contributed by atoms with Crippen molar-refractivity contribution in [2.75, 3.05) is 17.6 Å². The average molecular weight is 386 g/mol. The fourth-order valence-corrected chi connectivity index (χ4v) is 3.95. The highest BCUT2D eigenvalue weighted by Gasteiger charge is 2.18. The number of nitrogen functional groups attached to an aromatic ring is 1. The number of benzene rings is 2. The predicted octanol–water partition coefficient (Wildman–Crippen LogP) is 2.31. The van der Waals surface area contributed by atoms with E-state index in [9.17, 15) is 13.2 Å². The molecule has 0 unspecified atom stereocenters. The number of amides is 1. The molecule has 4 N–H and O–H groups in total. The maximum atomic E-state index is 12.5. The Bertz CT molecular complexity index is 970. The third-order valence-electron chi connectivity index (χ3n) is 4.23. The van der Waals surface area contributed by atoms with Gasteiger partial charge in [-0.15, -0.1) is 0 Å².